The van der Waals surface area contributed by atoms with E-state index in [2.05, 4.69) is 113 Å². The van der Waals surface area contributed by atoms with Gasteiger partial charge in [0.15, 0.2) is 23.3 Å². The van der Waals surface area contributed by atoms with Crippen LogP contribution in [0.25, 0.3) is 106 Å². The summed E-state index contributed by atoms with van der Waals surface area (Å²) in [5.74, 6) is 2.76. The minimum atomic E-state index is 0.639. The molecule has 3 aromatic heterocycles. The summed E-state index contributed by atoms with van der Waals surface area (Å²) in [6.45, 7) is 0. The van der Waals surface area contributed by atoms with Crippen molar-refractivity contribution in [3.05, 3.63) is 194 Å². The lowest BCUT2D eigenvalue weighted by atomic mass is 9.91. The second-order valence-electron chi connectivity index (χ2n) is 14.1. The Hall–Kier alpha value is -7.83. The van der Waals surface area contributed by atoms with Crippen LogP contribution < -0.4 is 0 Å². The quantitative estimate of drug-likeness (QED) is 0.159. The lowest BCUT2D eigenvalue weighted by molar-refractivity contribution is 1.07. The molecule has 57 heavy (non-hydrogen) atoms. The molecule has 0 aliphatic heterocycles. The molecule has 8 aromatic carbocycles. The van der Waals surface area contributed by atoms with Gasteiger partial charge in [-0.3, -0.25) is 9.55 Å². The Balaban J connectivity index is 1.01. The molecule has 0 radical (unpaired) electrons. The van der Waals surface area contributed by atoms with Crippen LogP contribution in [0, 0.1) is 0 Å². The van der Waals surface area contributed by atoms with E-state index in [1.165, 1.54) is 32.3 Å². The zero-order valence-corrected chi connectivity index (χ0v) is 30.7. The van der Waals surface area contributed by atoms with Crippen LogP contribution in [0.15, 0.2) is 194 Å². The molecule has 11 rings (SSSR count). The molecule has 6 nitrogen and oxygen atoms in total. The Bertz CT molecular complexity index is 3190. The summed E-state index contributed by atoms with van der Waals surface area (Å²) in [7, 11) is 0. The summed E-state index contributed by atoms with van der Waals surface area (Å²) < 4.78 is 2.23. The maximum absolute atomic E-state index is 5.04. The molecule has 6 heteroatoms. The molecule has 0 aliphatic rings. The number of rotatable bonds is 6. The average Bonchev–Trinajstić information content (AvgIpc) is 3.69. The number of hydrogen-bond donors (Lipinski definition) is 0. The minimum Gasteiger partial charge on any atom is -0.291 e. The average molecular weight is 729 g/mol. The van der Waals surface area contributed by atoms with Gasteiger partial charge in [-0.1, -0.05) is 146 Å². The fraction of sp³-hybridized carbons (Fsp3) is 0. The smallest absolute Gasteiger partial charge is 0.164 e. The van der Waals surface area contributed by atoms with E-state index >= 15 is 0 Å². The molecule has 0 aliphatic carbocycles. The van der Waals surface area contributed by atoms with Crippen molar-refractivity contribution < 1.29 is 0 Å². The lowest BCUT2D eigenvalue weighted by Gasteiger charge is -2.15. The molecule has 11 aromatic rings. The molecule has 0 fully saturated rings. The lowest BCUT2D eigenvalue weighted by Crippen LogP contribution is -2.00. The predicted octanol–water partition coefficient (Wildman–Crippen LogP) is 12.4. The van der Waals surface area contributed by atoms with Gasteiger partial charge in [0, 0.05) is 28.6 Å². The highest BCUT2D eigenvalue weighted by atomic mass is 15.1. The Morgan fingerprint density at radius 3 is 1.49 bits per heavy atom. The van der Waals surface area contributed by atoms with Crippen molar-refractivity contribution in [2.24, 2.45) is 0 Å². The maximum Gasteiger partial charge on any atom is 0.164 e. The minimum absolute atomic E-state index is 0.639. The molecule has 3 heterocycles. The molecular weight excluding hydrogens is 697 g/mol. The first-order valence-corrected chi connectivity index (χ1v) is 19.0. The summed E-state index contributed by atoms with van der Waals surface area (Å²) in [4.78, 5) is 24.4. The van der Waals surface area contributed by atoms with E-state index in [0.717, 1.165) is 56.1 Å². The normalized spacial score (nSPS) is 11.5. The zero-order valence-electron chi connectivity index (χ0n) is 30.7. The van der Waals surface area contributed by atoms with E-state index in [1.807, 2.05) is 91.1 Å². The number of imidazole rings is 1. The second kappa shape index (κ2) is 13.5. The van der Waals surface area contributed by atoms with Gasteiger partial charge in [0.05, 0.1) is 11.0 Å². The van der Waals surface area contributed by atoms with Crippen LogP contribution in [0.4, 0.5) is 0 Å². The number of nitrogens with zero attached hydrogens (tertiary/aromatic N) is 6. The van der Waals surface area contributed by atoms with Crippen molar-refractivity contribution >= 4 is 43.4 Å². The molecular formula is C51H32N6. The number of fused-ring (bicyclic) bond motifs is 7. The summed E-state index contributed by atoms with van der Waals surface area (Å²) in [5, 5.41) is 7.24. The largest absolute Gasteiger partial charge is 0.291 e. The number of aromatic nitrogens is 6. The van der Waals surface area contributed by atoms with Crippen LogP contribution in [0.3, 0.4) is 0 Å². The van der Waals surface area contributed by atoms with Gasteiger partial charge in [-0.2, -0.15) is 0 Å². The summed E-state index contributed by atoms with van der Waals surface area (Å²) in [5.41, 5.74) is 8.95. The molecule has 0 unspecified atom stereocenters. The van der Waals surface area contributed by atoms with Gasteiger partial charge in [-0.25, -0.2) is 19.9 Å². The number of hydrogen-bond acceptors (Lipinski definition) is 5. The van der Waals surface area contributed by atoms with E-state index in [4.69, 9.17) is 19.9 Å². The van der Waals surface area contributed by atoms with Crippen LogP contribution in [0.2, 0.25) is 0 Å². The molecule has 0 amide bonds. The number of para-hydroxylation sites is 2. The Labute approximate surface area is 328 Å². The van der Waals surface area contributed by atoms with Gasteiger partial charge in [0.25, 0.3) is 0 Å². The third kappa shape index (κ3) is 5.70. The monoisotopic (exact) mass is 728 g/mol. The van der Waals surface area contributed by atoms with Gasteiger partial charge < -0.3 is 0 Å². The third-order valence-electron chi connectivity index (χ3n) is 10.7. The Morgan fingerprint density at radius 2 is 0.842 bits per heavy atom. The second-order valence-corrected chi connectivity index (χ2v) is 14.1. The van der Waals surface area contributed by atoms with Crippen LogP contribution in [0.1, 0.15) is 0 Å². The first-order chi connectivity index (χ1) is 28.2. The van der Waals surface area contributed by atoms with E-state index in [9.17, 15) is 0 Å². The maximum atomic E-state index is 5.04. The fourth-order valence-corrected chi connectivity index (χ4v) is 7.97. The van der Waals surface area contributed by atoms with Crippen molar-refractivity contribution in [2.45, 2.75) is 0 Å². The van der Waals surface area contributed by atoms with Crippen LogP contribution >= 0.6 is 0 Å². The van der Waals surface area contributed by atoms with Crippen LogP contribution in [-0.2, 0) is 0 Å². The molecule has 0 bridgehead atoms. The Morgan fingerprint density at radius 1 is 0.333 bits per heavy atom. The molecule has 0 saturated carbocycles. The SMILES string of the molecule is c1ccc(-c2nc(-c3ccccc3)nc(-c3ccc(-c4ccc5c6ccc(-n7c(-c8ccccn8)nc8ccccc87)cc6c6ccccc6c5c4)cc3)n2)cc1. The number of pyridine rings is 1. The van der Waals surface area contributed by atoms with Crippen molar-refractivity contribution in [2.75, 3.05) is 0 Å². The first-order valence-electron chi connectivity index (χ1n) is 19.0. The van der Waals surface area contributed by atoms with Gasteiger partial charge in [-0.15, -0.1) is 0 Å². The van der Waals surface area contributed by atoms with Crippen molar-refractivity contribution in [1.29, 1.82) is 0 Å². The summed E-state index contributed by atoms with van der Waals surface area (Å²) >= 11 is 0. The predicted molar refractivity (Wildman–Crippen MR) is 232 cm³/mol. The highest BCUT2D eigenvalue weighted by Gasteiger charge is 2.18. The third-order valence-corrected chi connectivity index (χ3v) is 10.7. The molecule has 266 valence electrons. The van der Waals surface area contributed by atoms with Gasteiger partial charge in [0.1, 0.15) is 5.69 Å². The van der Waals surface area contributed by atoms with E-state index < -0.39 is 0 Å². The van der Waals surface area contributed by atoms with Crippen molar-refractivity contribution in [3.63, 3.8) is 0 Å². The summed E-state index contributed by atoms with van der Waals surface area (Å²) in [6, 6.07) is 65.2. The topological polar surface area (TPSA) is 69.4 Å². The van der Waals surface area contributed by atoms with Crippen molar-refractivity contribution in [1.82, 2.24) is 29.5 Å². The highest BCUT2D eigenvalue weighted by molar-refractivity contribution is 6.26. The van der Waals surface area contributed by atoms with Gasteiger partial charge in [0.2, 0.25) is 0 Å². The van der Waals surface area contributed by atoms with Crippen LogP contribution in [-0.4, -0.2) is 29.5 Å². The fourth-order valence-electron chi connectivity index (χ4n) is 7.97. The van der Waals surface area contributed by atoms with E-state index in [1.54, 1.807) is 0 Å². The standard InChI is InChI=1S/C51H32N6/c1-3-13-34(14-4-1)48-54-49(35-15-5-2-6-16-35)56-50(55-48)36-24-22-33(23-25-36)37-26-28-41-42-29-27-38(32-44(42)40-18-8-7-17-39(40)43(41)31-37)57-47-21-10-9-19-45(47)53-51(57)46-20-11-12-30-52-46/h1-32H. The molecule has 0 saturated heterocycles. The van der Waals surface area contributed by atoms with E-state index in [0.29, 0.717) is 17.5 Å². The molecule has 0 N–H and O–H groups in total. The molecule has 0 spiro atoms. The Kier molecular flexibility index (Phi) is 7.71. The van der Waals surface area contributed by atoms with Crippen molar-refractivity contribution in [3.8, 4) is 62.5 Å². The number of benzene rings is 8. The van der Waals surface area contributed by atoms with Gasteiger partial charge in [-0.05, 0) is 85.9 Å². The van der Waals surface area contributed by atoms with E-state index in [-0.39, 0.29) is 0 Å². The highest BCUT2D eigenvalue weighted by Crippen LogP contribution is 2.39. The summed E-state index contributed by atoms with van der Waals surface area (Å²) in [6.07, 6.45) is 1.82. The first kappa shape index (κ1) is 32.6. The molecule has 0 atom stereocenters. The van der Waals surface area contributed by atoms with Crippen LogP contribution in [0.5, 0.6) is 0 Å². The zero-order chi connectivity index (χ0) is 37.7. The van der Waals surface area contributed by atoms with Gasteiger partial charge >= 0.3 is 0 Å².